The fourth-order valence-corrected chi connectivity index (χ4v) is 1.93. The molecule has 0 aromatic heterocycles. The number of amides is 2. The Kier molecular flexibility index (Phi) is 4.85. The van der Waals surface area contributed by atoms with Crippen molar-refractivity contribution < 1.29 is 4.79 Å². The average molecular weight is 290 g/mol. The Morgan fingerprint density at radius 1 is 1.15 bits per heavy atom. The van der Waals surface area contributed by atoms with Crippen LogP contribution in [0, 0.1) is 0 Å². The van der Waals surface area contributed by atoms with Crippen molar-refractivity contribution in [1.82, 2.24) is 5.32 Å². The summed E-state index contributed by atoms with van der Waals surface area (Å²) in [6.45, 7) is 0.568. The highest BCUT2D eigenvalue weighted by Crippen LogP contribution is 2.22. The van der Waals surface area contributed by atoms with Crippen molar-refractivity contribution in [1.29, 1.82) is 0 Å². The molecule has 5 heteroatoms. The van der Waals surface area contributed by atoms with Crippen LogP contribution in [0.15, 0.2) is 48.5 Å². The minimum absolute atomic E-state index is 0.262. The van der Waals surface area contributed by atoms with Crippen molar-refractivity contribution in [3.05, 3.63) is 59.1 Å². The molecule has 0 bridgehead atoms. The molecular formula is C15H16ClN3O. The third-order valence-corrected chi connectivity index (χ3v) is 3.13. The van der Waals surface area contributed by atoms with Gasteiger partial charge in [0.25, 0.3) is 0 Å². The van der Waals surface area contributed by atoms with Crippen LogP contribution >= 0.6 is 11.6 Å². The second kappa shape index (κ2) is 6.82. The summed E-state index contributed by atoms with van der Waals surface area (Å²) in [5.41, 5.74) is 7.89. The molecule has 0 saturated heterocycles. The zero-order valence-electron chi connectivity index (χ0n) is 10.9. The lowest BCUT2D eigenvalue weighted by molar-refractivity contribution is 0.252. The van der Waals surface area contributed by atoms with Gasteiger partial charge in [0.1, 0.15) is 0 Å². The molecule has 2 amide bonds. The number of nitrogens with one attached hydrogen (secondary N) is 2. The van der Waals surface area contributed by atoms with E-state index in [2.05, 4.69) is 10.6 Å². The zero-order chi connectivity index (χ0) is 14.4. The molecule has 104 valence electrons. The Hall–Kier alpha value is -2.20. The monoisotopic (exact) mass is 289 g/mol. The molecule has 0 saturated carbocycles. The van der Waals surface area contributed by atoms with Crippen molar-refractivity contribution in [2.75, 3.05) is 17.6 Å². The van der Waals surface area contributed by atoms with E-state index < -0.39 is 0 Å². The minimum Gasteiger partial charge on any atom is -0.398 e. The number of rotatable bonds is 4. The summed E-state index contributed by atoms with van der Waals surface area (Å²) in [4.78, 5) is 11.7. The number of hydrogen-bond donors (Lipinski definition) is 3. The maximum atomic E-state index is 11.7. The summed E-state index contributed by atoms with van der Waals surface area (Å²) >= 11 is 5.88. The van der Waals surface area contributed by atoms with E-state index >= 15 is 0 Å². The minimum atomic E-state index is -0.262. The Labute approximate surface area is 122 Å². The van der Waals surface area contributed by atoms with Crippen molar-refractivity contribution in [3.8, 4) is 0 Å². The third-order valence-electron chi connectivity index (χ3n) is 2.80. The van der Waals surface area contributed by atoms with Crippen LogP contribution in [0.25, 0.3) is 0 Å². The molecule has 0 atom stereocenters. The number of nitrogen functional groups attached to an aromatic ring is 1. The molecule has 2 aromatic rings. The molecular weight excluding hydrogens is 274 g/mol. The highest BCUT2D eigenvalue weighted by Gasteiger charge is 2.03. The first-order chi connectivity index (χ1) is 9.65. The highest BCUT2D eigenvalue weighted by molar-refractivity contribution is 6.33. The van der Waals surface area contributed by atoms with Crippen molar-refractivity contribution >= 4 is 29.0 Å². The summed E-state index contributed by atoms with van der Waals surface area (Å²) in [5, 5.41) is 5.92. The number of anilines is 2. The van der Waals surface area contributed by atoms with Gasteiger partial charge >= 0.3 is 6.03 Å². The van der Waals surface area contributed by atoms with Crippen LogP contribution in [-0.4, -0.2) is 12.6 Å². The van der Waals surface area contributed by atoms with Gasteiger partial charge in [-0.2, -0.15) is 0 Å². The van der Waals surface area contributed by atoms with Crippen LogP contribution < -0.4 is 16.4 Å². The predicted octanol–water partition coefficient (Wildman–Crippen LogP) is 3.29. The maximum Gasteiger partial charge on any atom is 0.319 e. The quantitative estimate of drug-likeness (QED) is 0.756. The highest BCUT2D eigenvalue weighted by atomic mass is 35.5. The molecule has 0 heterocycles. The first-order valence-electron chi connectivity index (χ1n) is 6.29. The van der Waals surface area contributed by atoms with Gasteiger partial charge in [-0.25, -0.2) is 4.79 Å². The first kappa shape index (κ1) is 14.2. The molecule has 0 fully saturated rings. The van der Waals surface area contributed by atoms with Gasteiger partial charge in [0, 0.05) is 12.2 Å². The number of carbonyl (C=O) groups is 1. The molecule has 20 heavy (non-hydrogen) atoms. The fourth-order valence-electron chi connectivity index (χ4n) is 1.75. The Balaban J connectivity index is 1.79. The molecule has 0 radical (unpaired) electrons. The van der Waals surface area contributed by atoms with Gasteiger partial charge in [0.2, 0.25) is 0 Å². The van der Waals surface area contributed by atoms with Gasteiger partial charge in [0.15, 0.2) is 0 Å². The number of benzene rings is 2. The Bertz CT molecular complexity index is 587. The van der Waals surface area contributed by atoms with Crippen molar-refractivity contribution in [3.63, 3.8) is 0 Å². The number of hydrogen-bond acceptors (Lipinski definition) is 2. The standard InChI is InChI=1S/C15H16ClN3O/c16-13-10-12(6-7-14(13)17)19-15(20)18-9-8-11-4-2-1-3-5-11/h1-7,10H,8-9,17H2,(H2,18,19,20). The maximum absolute atomic E-state index is 11.7. The van der Waals surface area contributed by atoms with Crippen LogP contribution in [0.5, 0.6) is 0 Å². The fraction of sp³-hybridized carbons (Fsp3) is 0.133. The van der Waals surface area contributed by atoms with Crippen molar-refractivity contribution in [2.45, 2.75) is 6.42 Å². The van der Waals surface area contributed by atoms with Crippen LogP contribution in [0.4, 0.5) is 16.2 Å². The van der Waals surface area contributed by atoms with E-state index in [1.54, 1.807) is 18.2 Å². The van der Waals surface area contributed by atoms with Gasteiger partial charge in [-0.3, -0.25) is 0 Å². The first-order valence-corrected chi connectivity index (χ1v) is 6.67. The van der Waals surface area contributed by atoms with E-state index in [1.807, 2.05) is 30.3 Å². The molecule has 2 aromatic carbocycles. The molecule has 4 nitrogen and oxygen atoms in total. The number of halogens is 1. The molecule has 0 aliphatic heterocycles. The Morgan fingerprint density at radius 2 is 1.90 bits per heavy atom. The molecule has 0 aliphatic carbocycles. The molecule has 2 rings (SSSR count). The van der Waals surface area contributed by atoms with Gasteiger partial charge in [-0.05, 0) is 30.2 Å². The van der Waals surface area contributed by atoms with Crippen LogP contribution in [0.1, 0.15) is 5.56 Å². The topological polar surface area (TPSA) is 67.1 Å². The predicted molar refractivity (Wildman–Crippen MR) is 83.0 cm³/mol. The second-order valence-electron chi connectivity index (χ2n) is 4.35. The van der Waals surface area contributed by atoms with Crippen LogP contribution in [0.3, 0.4) is 0 Å². The molecule has 4 N–H and O–H groups in total. The summed E-state index contributed by atoms with van der Waals surface area (Å²) in [6.07, 6.45) is 0.788. The van der Waals surface area contributed by atoms with Crippen LogP contribution in [-0.2, 0) is 6.42 Å². The van der Waals surface area contributed by atoms with Gasteiger partial charge in [-0.15, -0.1) is 0 Å². The summed E-state index contributed by atoms with van der Waals surface area (Å²) in [6, 6.07) is 14.7. The van der Waals surface area contributed by atoms with E-state index in [4.69, 9.17) is 17.3 Å². The van der Waals surface area contributed by atoms with E-state index in [1.165, 1.54) is 5.56 Å². The zero-order valence-corrected chi connectivity index (χ0v) is 11.7. The van der Waals surface area contributed by atoms with Gasteiger partial charge < -0.3 is 16.4 Å². The smallest absolute Gasteiger partial charge is 0.319 e. The van der Waals surface area contributed by atoms with E-state index in [0.717, 1.165) is 6.42 Å². The molecule has 0 aliphatic rings. The number of urea groups is 1. The lowest BCUT2D eigenvalue weighted by Gasteiger charge is -2.08. The van der Waals surface area contributed by atoms with E-state index in [-0.39, 0.29) is 6.03 Å². The number of nitrogens with two attached hydrogens (primary N) is 1. The molecule has 0 spiro atoms. The second-order valence-corrected chi connectivity index (χ2v) is 4.76. The Morgan fingerprint density at radius 3 is 2.60 bits per heavy atom. The summed E-state index contributed by atoms with van der Waals surface area (Å²) in [5.74, 6) is 0. The lowest BCUT2D eigenvalue weighted by Crippen LogP contribution is -2.30. The lowest BCUT2D eigenvalue weighted by atomic mass is 10.1. The summed E-state index contributed by atoms with van der Waals surface area (Å²) < 4.78 is 0. The molecule has 0 unspecified atom stereocenters. The SMILES string of the molecule is Nc1ccc(NC(=O)NCCc2ccccc2)cc1Cl. The third kappa shape index (κ3) is 4.17. The normalized spacial score (nSPS) is 10.1. The average Bonchev–Trinajstić information content (AvgIpc) is 2.44. The number of carbonyl (C=O) groups excluding carboxylic acids is 1. The van der Waals surface area contributed by atoms with Gasteiger partial charge in [-0.1, -0.05) is 41.9 Å². The van der Waals surface area contributed by atoms with E-state index in [0.29, 0.717) is 22.9 Å². The summed E-state index contributed by atoms with van der Waals surface area (Å²) in [7, 11) is 0. The largest absolute Gasteiger partial charge is 0.398 e. The van der Waals surface area contributed by atoms with Crippen LogP contribution in [0.2, 0.25) is 5.02 Å². The van der Waals surface area contributed by atoms with Crippen molar-refractivity contribution in [2.24, 2.45) is 0 Å². The van der Waals surface area contributed by atoms with E-state index in [9.17, 15) is 4.79 Å². The van der Waals surface area contributed by atoms with Gasteiger partial charge in [0.05, 0.1) is 10.7 Å².